The van der Waals surface area contributed by atoms with E-state index in [0.717, 1.165) is 51.5 Å². The summed E-state index contributed by atoms with van der Waals surface area (Å²) >= 11 is 0. The zero-order valence-electron chi connectivity index (χ0n) is 18.4. The quantitative estimate of drug-likeness (QED) is 0.777. The molecule has 2 heterocycles. The van der Waals surface area contributed by atoms with Crippen LogP contribution in [0.2, 0.25) is 0 Å². The molecule has 3 rings (SSSR count). The Hall–Kier alpha value is -1.79. The van der Waals surface area contributed by atoms with Crippen molar-refractivity contribution in [1.29, 1.82) is 0 Å². The lowest BCUT2D eigenvalue weighted by Crippen LogP contribution is -2.56. The van der Waals surface area contributed by atoms with Gasteiger partial charge in [-0.15, -0.1) is 0 Å². The number of piperidine rings is 2. The number of amides is 3. The Morgan fingerprint density at radius 2 is 1.52 bits per heavy atom. The molecule has 1 saturated carbocycles. The lowest BCUT2D eigenvalue weighted by atomic mass is 9.90. The first-order valence-electron chi connectivity index (χ1n) is 11.2. The Balaban J connectivity index is 1.55. The third-order valence-corrected chi connectivity index (χ3v) is 6.24. The molecule has 0 aromatic heterocycles. The number of hydrogen-bond donors (Lipinski definition) is 1. The number of carbonyl (C=O) groups is 3. The van der Waals surface area contributed by atoms with Crippen LogP contribution in [-0.2, 0) is 14.3 Å². The fourth-order valence-corrected chi connectivity index (χ4v) is 4.51. The second kappa shape index (κ2) is 8.92. The number of alkyl carbamates (subject to hydrolysis) is 1. The van der Waals surface area contributed by atoms with Crippen LogP contribution in [0.4, 0.5) is 4.79 Å². The maximum absolute atomic E-state index is 13.3. The summed E-state index contributed by atoms with van der Waals surface area (Å²) in [5, 5.41) is 2.93. The number of carbonyl (C=O) groups excluding carboxylic acids is 3. The summed E-state index contributed by atoms with van der Waals surface area (Å²) in [6.45, 7) is 9.60. The molecule has 29 heavy (non-hydrogen) atoms. The van der Waals surface area contributed by atoms with Crippen LogP contribution in [0.3, 0.4) is 0 Å². The van der Waals surface area contributed by atoms with Crippen molar-refractivity contribution < 1.29 is 19.1 Å². The second-order valence-electron chi connectivity index (χ2n) is 9.90. The number of likely N-dealkylation sites (tertiary alicyclic amines) is 2. The third-order valence-electron chi connectivity index (χ3n) is 6.24. The Labute approximate surface area is 174 Å². The molecule has 0 bridgehead atoms. The van der Waals surface area contributed by atoms with Gasteiger partial charge in [-0.3, -0.25) is 9.59 Å². The topological polar surface area (TPSA) is 79.0 Å². The normalized spacial score (nSPS) is 24.8. The minimum Gasteiger partial charge on any atom is -0.444 e. The van der Waals surface area contributed by atoms with Crippen LogP contribution in [0.1, 0.15) is 72.6 Å². The minimum atomic E-state index is -0.544. The van der Waals surface area contributed by atoms with E-state index in [9.17, 15) is 14.4 Å². The Morgan fingerprint density at radius 3 is 2.10 bits per heavy atom. The number of rotatable bonds is 4. The van der Waals surface area contributed by atoms with Gasteiger partial charge in [0.15, 0.2) is 0 Å². The first-order chi connectivity index (χ1) is 13.7. The molecule has 2 aliphatic heterocycles. The molecule has 7 nitrogen and oxygen atoms in total. The number of hydrogen-bond acceptors (Lipinski definition) is 4. The van der Waals surface area contributed by atoms with Crippen molar-refractivity contribution in [1.82, 2.24) is 15.1 Å². The maximum Gasteiger partial charge on any atom is 0.407 e. The van der Waals surface area contributed by atoms with Crippen molar-refractivity contribution in [3.05, 3.63) is 0 Å². The van der Waals surface area contributed by atoms with Crippen molar-refractivity contribution >= 4 is 17.9 Å². The molecule has 3 fully saturated rings. The molecule has 2 atom stereocenters. The third kappa shape index (κ3) is 5.86. The van der Waals surface area contributed by atoms with Crippen LogP contribution in [0.15, 0.2) is 0 Å². The van der Waals surface area contributed by atoms with E-state index in [1.807, 2.05) is 37.5 Å². The maximum atomic E-state index is 13.3. The largest absolute Gasteiger partial charge is 0.444 e. The first-order valence-corrected chi connectivity index (χ1v) is 11.2. The van der Waals surface area contributed by atoms with Crippen LogP contribution in [0.25, 0.3) is 0 Å². The zero-order valence-corrected chi connectivity index (χ0v) is 18.4. The molecule has 0 spiro atoms. The van der Waals surface area contributed by atoms with Crippen LogP contribution in [-0.4, -0.2) is 65.0 Å². The van der Waals surface area contributed by atoms with Crippen molar-refractivity contribution in [2.75, 3.05) is 19.6 Å². The summed E-state index contributed by atoms with van der Waals surface area (Å²) in [6.07, 6.45) is 6.05. The van der Waals surface area contributed by atoms with E-state index in [2.05, 4.69) is 5.32 Å². The summed E-state index contributed by atoms with van der Waals surface area (Å²) in [4.78, 5) is 41.6. The van der Waals surface area contributed by atoms with Gasteiger partial charge in [-0.25, -0.2) is 4.79 Å². The van der Waals surface area contributed by atoms with Gasteiger partial charge < -0.3 is 19.9 Å². The van der Waals surface area contributed by atoms with Crippen molar-refractivity contribution in [3.8, 4) is 0 Å². The molecule has 1 N–H and O–H groups in total. The molecule has 164 valence electrons. The van der Waals surface area contributed by atoms with Crippen molar-refractivity contribution in [2.24, 2.45) is 11.8 Å². The average molecular weight is 408 g/mol. The Kier molecular flexibility index (Phi) is 6.74. The number of ether oxygens (including phenoxy) is 1. The van der Waals surface area contributed by atoms with Gasteiger partial charge in [0.2, 0.25) is 11.8 Å². The molecular weight excluding hydrogens is 370 g/mol. The SMILES string of the molecule is CC(NC(=O)OC(C)(C)C)C1CCCCN1C(=O)C1CCN(C(=O)C2CC2)CC1. The summed E-state index contributed by atoms with van der Waals surface area (Å²) < 4.78 is 5.38. The smallest absolute Gasteiger partial charge is 0.407 e. The zero-order chi connectivity index (χ0) is 21.2. The lowest BCUT2D eigenvalue weighted by molar-refractivity contribution is -0.144. The van der Waals surface area contributed by atoms with Gasteiger partial charge in [-0.2, -0.15) is 0 Å². The van der Waals surface area contributed by atoms with Crippen LogP contribution in [0, 0.1) is 11.8 Å². The highest BCUT2D eigenvalue weighted by Gasteiger charge is 2.39. The van der Waals surface area contributed by atoms with E-state index in [4.69, 9.17) is 4.74 Å². The van der Waals surface area contributed by atoms with Gasteiger partial charge >= 0.3 is 6.09 Å². The van der Waals surface area contributed by atoms with Gasteiger partial charge in [0.25, 0.3) is 0 Å². The second-order valence-corrected chi connectivity index (χ2v) is 9.90. The Morgan fingerprint density at radius 1 is 0.897 bits per heavy atom. The van der Waals surface area contributed by atoms with E-state index >= 15 is 0 Å². The predicted molar refractivity (Wildman–Crippen MR) is 110 cm³/mol. The molecule has 3 amide bonds. The molecule has 0 radical (unpaired) electrons. The number of nitrogens with zero attached hydrogens (tertiary/aromatic N) is 2. The Bertz CT molecular complexity index is 618. The lowest BCUT2D eigenvalue weighted by Gasteiger charge is -2.42. The highest BCUT2D eigenvalue weighted by atomic mass is 16.6. The monoisotopic (exact) mass is 407 g/mol. The van der Waals surface area contributed by atoms with E-state index in [1.165, 1.54) is 0 Å². The van der Waals surface area contributed by atoms with Gasteiger partial charge in [0.1, 0.15) is 5.60 Å². The highest BCUT2D eigenvalue weighted by Crippen LogP contribution is 2.33. The van der Waals surface area contributed by atoms with Crippen LogP contribution in [0.5, 0.6) is 0 Å². The molecule has 2 unspecified atom stereocenters. The highest BCUT2D eigenvalue weighted by molar-refractivity contribution is 5.82. The average Bonchev–Trinajstić information content (AvgIpc) is 3.50. The molecular formula is C22H37N3O4. The van der Waals surface area contributed by atoms with Gasteiger partial charge in [-0.1, -0.05) is 0 Å². The van der Waals surface area contributed by atoms with E-state index in [-0.39, 0.29) is 35.7 Å². The predicted octanol–water partition coefficient (Wildman–Crippen LogP) is 2.93. The van der Waals surface area contributed by atoms with E-state index in [1.54, 1.807) is 0 Å². The van der Waals surface area contributed by atoms with Crippen LogP contribution >= 0.6 is 0 Å². The molecule has 0 aromatic rings. The fourth-order valence-electron chi connectivity index (χ4n) is 4.51. The summed E-state index contributed by atoms with van der Waals surface area (Å²) in [6, 6.07) is -0.166. The molecule has 7 heteroatoms. The van der Waals surface area contributed by atoms with Gasteiger partial charge in [0.05, 0.1) is 6.04 Å². The molecule has 1 aliphatic carbocycles. The van der Waals surface area contributed by atoms with Gasteiger partial charge in [0, 0.05) is 37.5 Å². The standard InChI is InChI=1S/C22H37N3O4/c1-15(23-21(28)29-22(2,3)4)18-7-5-6-12-25(18)20(27)17-10-13-24(14-11-17)19(26)16-8-9-16/h15-18H,5-14H2,1-4H3,(H,23,28). The van der Waals surface area contributed by atoms with Crippen LogP contribution < -0.4 is 5.32 Å². The number of nitrogens with one attached hydrogen (secondary N) is 1. The fraction of sp³-hybridized carbons (Fsp3) is 0.864. The summed E-state index contributed by atoms with van der Waals surface area (Å²) in [5.41, 5.74) is -0.544. The molecule has 0 aromatic carbocycles. The van der Waals surface area contributed by atoms with Crippen molar-refractivity contribution in [2.45, 2.75) is 90.3 Å². The van der Waals surface area contributed by atoms with Crippen molar-refractivity contribution in [3.63, 3.8) is 0 Å². The first kappa shape index (κ1) is 21.9. The van der Waals surface area contributed by atoms with Gasteiger partial charge in [-0.05, 0) is 72.6 Å². The molecule has 2 saturated heterocycles. The van der Waals surface area contributed by atoms with E-state index < -0.39 is 11.7 Å². The van der Waals surface area contributed by atoms with E-state index in [0.29, 0.717) is 13.1 Å². The molecule has 3 aliphatic rings. The minimum absolute atomic E-state index is 0.00473. The summed E-state index contributed by atoms with van der Waals surface area (Å²) in [5.74, 6) is 0.689. The summed E-state index contributed by atoms with van der Waals surface area (Å²) in [7, 11) is 0.